The lowest BCUT2D eigenvalue weighted by atomic mass is 9.72. The van der Waals surface area contributed by atoms with Crippen molar-refractivity contribution in [2.45, 2.75) is 71.2 Å². The van der Waals surface area contributed by atoms with Gasteiger partial charge in [-0.05, 0) is 51.9 Å². The van der Waals surface area contributed by atoms with E-state index in [1.165, 1.54) is 0 Å². The number of rotatable bonds is 2. The van der Waals surface area contributed by atoms with E-state index in [2.05, 4.69) is 13.8 Å². The third-order valence-electron chi connectivity index (χ3n) is 3.68. The van der Waals surface area contributed by atoms with Crippen LogP contribution in [0.15, 0.2) is 0 Å². The first-order valence-corrected chi connectivity index (χ1v) is 6.74. The Labute approximate surface area is 109 Å². The number of hydrogen-bond acceptors (Lipinski definition) is 3. The minimum absolute atomic E-state index is 0.181. The summed E-state index contributed by atoms with van der Waals surface area (Å²) in [5.41, 5.74) is 3.11. The highest BCUT2D eigenvalue weighted by atomic mass is 19.1. The summed E-state index contributed by atoms with van der Waals surface area (Å²) < 4.78 is 20.1. The van der Waals surface area contributed by atoms with Gasteiger partial charge in [0.15, 0.2) is 0 Å². The Bertz CT molecular complexity index is 311. The molecule has 0 aromatic heterocycles. The first kappa shape index (κ1) is 15.4. The zero-order valence-corrected chi connectivity index (χ0v) is 12.1. The van der Waals surface area contributed by atoms with Crippen LogP contribution in [0, 0.1) is 11.8 Å². The lowest BCUT2D eigenvalue weighted by Gasteiger charge is -2.40. The Balaban J connectivity index is 2.83. The normalized spacial score (nSPS) is 33.6. The molecular formula is C14H26FNO2. The molecule has 1 saturated carbocycles. The van der Waals surface area contributed by atoms with Crippen molar-refractivity contribution in [1.29, 1.82) is 0 Å². The number of nitrogens with two attached hydrogens (primary N) is 1. The standard InChI is InChI=1S/C14H26FNO2/c1-9(2)10-6-7-11(16)14(15,8-10)12(17)18-13(3,4)5/h9-11H,6-8,16H2,1-5H3. The van der Waals surface area contributed by atoms with E-state index in [0.717, 1.165) is 6.42 Å². The molecule has 3 unspecified atom stereocenters. The Morgan fingerprint density at radius 1 is 1.39 bits per heavy atom. The number of esters is 1. The number of alkyl halides is 1. The van der Waals surface area contributed by atoms with Crippen molar-refractivity contribution in [1.82, 2.24) is 0 Å². The van der Waals surface area contributed by atoms with E-state index in [0.29, 0.717) is 12.3 Å². The molecule has 0 aromatic carbocycles. The maximum absolute atomic E-state index is 14.9. The molecule has 3 nitrogen and oxygen atoms in total. The zero-order chi connectivity index (χ0) is 14.1. The van der Waals surface area contributed by atoms with Crippen LogP contribution in [0.5, 0.6) is 0 Å². The second-order valence-corrected chi connectivity index (χ2v) is 6.76. The van der Waals surface area contributed by atoms with Crippen molar-refractivity contribution in [3.63, 3.8) is 0 Å². The molecule has 2 N–H and O–H groups in total. The van der Waals surface area contributed by atoms with Gasteiger partial charge in [-0.3, -0.25) is 0 Å². The van der Waals surface area contributed by atoms with Gasteiger partial charge in [0, 0.05) is 6.04 Å². The lowest BCUT2D eigenvalue weighted by Crippen LogP contribution is -2.56. The van der Waals surface area contributed by atoms with Crippen molar-refractivity contribution in [2.75, 3.05) is 0 Å². The molecular weight excluding hydrogens is 233 g/mol. The smallest absolute Gasteiger partial charge is 0.346 e. The van der Waals surface area contributed by atoms with Crippen molar-refractivity contribution in [3.8, 4) is 0 Å². The summed E-state index contributed by atoms with van der Waals surface area (Å²) in [6.07, 6.45) is 1.60. The van der Waals surface area contributed by atoms with Crippen LogP contribution < -0.4 is 5.73 Å². The molecule has 1 aliphatic carbocycles. The fourth-order valence-corrected chi connectivity index (χ4v) is 2.42. The maximum Gasteiger partial charge on any atom is 0.346 e. The van der Waals surface area contributed by atoms with Crippen LogP contribution in [-0.4, -0.2) is 23.3 Å². The third-order valence-corrected chi connectivity index (χ3v) is 3.68. The van der Waals surface area contributed by atoms with Crippen LogP contribution in [0.4, 0.5) is 4.39 Å². The molecule has 0 aliphatic heterocycles. The van der Waals surface area contributed by atoms with Gasteiger partial charge in [0.1, 0.15) is 5.60 Å². The molecule has 0 saturated heterocycles. The second kappa shape index (κ2) is 5.16. The summed E-state index contributed by atoms with van der Waals surface area (Å²) in [5.74, 6) is -0.245. The van der Waals surface area contributed by atoms with Crippen molar-refractivity contribution in [2.24, 2.45) is 17.6 Å². The Morgan fingerprint density at radius 3 is 2.39 bits per heavy atom. The number of halogens is 1. The number of ether oxygens (including phenoxy) is 1. The van der Waals surface area contributed by atoms with Crippen LogP contribution in [0.2, 0.25) is 0 Å². The highest BCUT2D eigenvalue weighted by Crippen LogP contribution is 2.39. The Kier molecular flexibility index (Phi) is 4.42. The number of hydrogen-bond donors (Lipinski definition) is 1. The highest BCUT2D eigenvalue weighted by molar-refractivity contribution is 5.81. The molecule has 0 amide bonds. The molecule has 0 bridgehead atoms. The van der Waals surface area contributed by atoms with Gasteiger partial charge in [0.2, 0.25) is 5.67 Å². The van der Waals surface area contributed by atoms with Crippen molar-refractivity contribution >= 4 is 5.97 Å². The highest BCUT2D eigenvalue weighted by Gasteiger charge is 2.51. The van der Waals surface area contributed by atoms with E-state index in [-0.39, 0.29) is 12.3 Å². The summed E-state index contributed by atoms with van der Waals surface area (Å²) in [6.45, 7) is 9.32. The predicted molar refractivity (Wildman–Crippen MR) is 69.8 cm³/mol. The molecule has 18 heavy (non-hydrogen) atoms. The molecule has 3 atom stereocenters. The first-order valence-electron chi connectivity index (χ1n) is 6.74. The van der Waals surface area contributed by atoms with E-state index in [4.69, 9.17) is 10.5 Å². The van der Waals surface area contributed by atoms with Gasteiger partial charge in [-0.2, -0.15) is 0 Å². The van der Waals surface area contributed by atoms with Crippen LogP contribution in [0.25, 0.3) is 0 Å². The van der Waals surface area contributed by atoms with Crippen LogP contribution >= 0.6 is 0 Å². The molecule has 1 aliphatic rings. The SMILES string of the molecule is CC(C)C1CCC(N)C(F)(C(=O)OC(C)(C)C)C1. The Morgan fingerprint density at radius 2 is 1.94 bits per heavy atom. The van der Waals surface area contributed by atoms with Gasteiger partial charge in [-0.15, -0.1) is 0 Å². The van der Waals surface area contributed by atoms with Crippen molar-refractivity contribution < 1.29 is 13.9 Å². The molecule has 4 heteroatoms. The fourth-order valence-electron chi connectivity index (χ4n) is 2.42. The molecule has 1 fully saturated rings. The van der Waals surface area contributed by atoms with Gasteiger partial charge in [-0.25, -0.2) is 9.18 Å². The third kappa shape index (κ3) is 3.44. The number of carbonyl (C=O) groups excluding carboxylic acids is 1. The summed E-state index contributed by atoms with van der Waals surface area (Å²) >= 11 is 0. The van der Waals surface area contributed by atoms with Gasteiger partial charge in [0.05, 0.1) is 0 Å². The fraction of sp³-hybridized carbons (Fsp3) is 0.929. The molecule has 0 heterocycles. The minimum atomic E-state index is -2.03. The number of carbonyl (C=O) groups is 1. The van der Waals surface area contributed by atoms with Gasteiger partial charge in [-0.1, -0.05) is 13.8 Å². The average molecular weight is 259 g/mol. The van der Waals surface area contributed by atoms with E-state index >= 15 is 0 Å². The van der Waals surface area contributed by atoms with Crippen LogP contribution in [0.1, 0.15) is 53.9 Å². The lowest BCUT2D eigenvalue weighted by molar-refractivity contribution is -0.175. The topological polar surface area (TPSA) is 52.3 Å². The predicted octanol–water partition coefficient (Wildman–Crippen LogP) is 2.82. The van der Waals surface area contributed by atoms with Crippen LogP contribution in [0.3, 0.4) is 0 Å². The van der Waals surface area contributed by atoms with Gasteiger partial charge < -0.3 is 10.5 Å². The van der Waals surface area contributed by atoms with E-state index in [9.17, 15) is 9.18 Å². The van der Waals surface area contributed by atoms with Gasteiger partial charge >= 0.3 is 5.97 Å². The zero-order valence-electron chi connectivity index (χ0n) is 12.1. The van der Waals surface area contributed by atoms with Crippen molar-refractivity contribution in [3.05, 3.63) is 0 Å². The largest absolute Gasteiger partial charge is 0.458 e. The minimum Gasteiger partial charge on any atom is -0.458 e. The molecule has 0 aromatic rings. The average Bonchev–Trinajstić information content (AvgIpc) is 2.19. The Hall–Kier alpha value is -0.640. The van der Waals surface area contributed by atoms with Gasteiger partial charge in [0.25, 0.3) is 0 Å². The second-order valence-electron chi connectivity index (χ2n) is 6.76. The summed E-state index contributed by atoms with van der Waals surface area (Å²) in [5, 5.41) is 0. The van der Waals surface area contributed by atoms with Crippen LogP contribution in [-0.2, 0) is 9.53 Å². The summed E-state index contributed by atoms with van der Waals surface area (Å²) in [7, 11) is 0. The monoisotopic (exact) mass is 259 g/mol. The quantitative estimate of drug-likeness (QED) is 0.776. The molecule has 1 rings (SSSR count). The summed E-state index contributed by atoms with van der Waals surface area (Å²) in [6, 6.07) is -0.748. The summed E-state index contributed by atoms with van der Waals surface area (Å²) in [4.78, 5) is 12.0. The molecule has 0 radical (unpaired) electrons. The molecule has 0 spiro atoms. The van der Waals surface area contributed by atoms with E-state index < -0.39 is 23.3 Å². The maximum atomic E-state index is 14.9. The molecule has 106 valence electrons. The first-order chi connectivity index (χ1) is 8.06. The van der Waals surface area contributed by atoms with E-state index in [1.54, 1.807) is 20.8 Å². The van der Waals surface area contributed by atoms with E-state index in [1.807, 2.05) is 0 Å².